The van der Waals surface area contributed by atoms with Gasteiger partial charge in [0.05, 0.1) is 110 Å². The van der Waals surface area contributed by atoms with Crippen molar-refractivity contribution >= 4 is 34.7 Å². The highest BCUT2D eigenvalue weighted by Crippen LogP contribution is 2.55. The lowest BCUT2D eigenvalue weighted by Crippen LogP contribution is -2.69. The molecule has 0 amide bonds. The first-order valence-electron chi connectivity index (χ1n) is 27.2. The van der Waals surface area contributed by atoms with E-state index >= 15 is 0 Å². The second-order valence-electron chi connectivity index (χ2n) is 22.2. The number of hydrazine groups is 2. The number of hydrogen-bond acceptors (Lipinski definition) is 25. The highest BCUT2D eigenvalue weighted by Gasteiger charge is 2.54. The minimum absolute atomic E-state index is 0.0152. The molecule has 8 unspecified atom stereocenters. The van der Waals surface area contributed by atoms with Crippen LogP contribution >= 0.6 is 0 Å². The number of ether oxygens (including phenoxy) is 7. The Hall–Kier alpha value is -6.82. The molecule has 0 bridgehead atoms. The van der Waals surface area contributed by atoms with Crippen LogP contribution in [-0.4, -0.2) is 198 Å². The largest absolute Gasteiger partial charge is 0.507 e. The van der Waals surface area contributed by atoms with Crippen molar-refractivity contribution in [2.75, 3.05) is 47.1 Å². The molecule has 4 aromatic rings. The van der Waals surface area contributed by atoms with Gasteiger partial charge in [-0.15, -0.1) is 0 Å². The van der Waals surface area contributed by atoms with Gasteiger partial charge in [0.2, 0.25) is 11.6 Å². The first-order chi connectivity index (χ1) is 39.5. The fourth-order valence-electron chi connectivity index (χ4n) is 13.0. The number of aliphatic hydroxyl groups is 5. The summed E-state index contributed by atoms with van der Waals surface area (Å²) in [6, 6.07) is 6.50. The SMILES string of the molecule is COc1cccc2c1C(=O)c1c(O)c3c(c(O)c1C2=O)C[C@@](O)(C(C)=O)C[C@@H]3OC1CC(NN(C2CC(O[C@H]3C[C@](O)(C(=O)CO)Cc4c(O)c5c(c(O)c43)C(=O)c3c(OC)cccc3C5=O)OC(C)C2O)N2CCOCC2)C(O)C(C)O1. The zero-order valence-electron chi connectivity index (χ0n) is 45.7. The predicted molar refractivity (Wildman–Crippen MR) is 281 cm³/mol. The Kier molecular flexibility index (Phi) is 15.1. The number of methoxy groups -OCH3 is 2. The molecule has 0 spiro atoms. The van der Waals surface area contributed by atoms with Gasteiger partial charge >= 0.3 is 0 Å². The van der Waals surface area contributed by atoms with Gasteiger partial charge in [0.15, 0.2) is 35.7 Å². The number of nitrogens with one attached hydrogen (secondary N) is 1. The minimum atomic E-state index is -2.46. The third-order valence-corrected chi connectivity index (χ3v) is 17.4. The van der Waals surface area contributed by atoms with E-state index in [-0.39, 0.29) is 95.2 Å². The number of phenols is 4. The van der Waals surface area contributed by atoms with Crippen LogP contribution in [0.25, 0.3) is 0 Å². The summed E-state index contributed by atoms with van der Waals surface area (Å²) >= 11 is 0. The number of fused-ring (bicyclic) bond motifs is 6. The van der Waals surface area contributed by atoms with E-state index in [1.54, 1.807) is 19.0 Å². The van der Waals surface area contributed by atoms with E-state index < -0.39 is 185 Å². The maximum Gasteiger partial charge on any atom is 0.202 e. The van der Waals surface area contributed by atoms with Crippen LogP contribution in [0.5, 0.6) is 34.5 Å². The maximum absolute atomic E-state index is 14.3. The molecule has 4 aliphatic carbocycles. The van der Waals surface area contributed by atoms with Crippen LogP contribution in [-0.2, 0) is 46.1 Å². The van der Waals surface area contributed by atoms with Crippen LogP contribution in [0.4, 0.5) is 0 Å². The number of nitrogens with zero attached hydrogens (tertiary/aromatic N) is 2. The van der Waals surface area contributed by atoms with Crippen LogP contribution < -0.4 is 14.9 Å². The number of Topliss-reactive ketones (excluding diaryl/α,β-unsaturated/α-hetero) is 2. The first kappa shape index (κ1) is 58.0. The van der Waals surface area contributed by atoms with Crippen LogP contribution in [0.1, 0.15) is 145 Å². The summed E-state index contributed by atoms with van der Waals surface area (Å²) in [4.78, 5) is 83.4. The number of phenolic OH excluding ortho intramolecular Hbond substituents is 4. The Morgan fingerprint density at radius 1 is 0.663 bits per heavy atom. The molecule has 11 rings (SSSR count). The minimum Gasteiger partial charge on any atom is -0.507 e. The zero-order chi connectivity index (χ0) is 59.5. The van der Waals surface area contributed by atoms with Gasteiger partial charge in [0.25, 0.3) is 0 Å². The molecule has 7 aliphatic rings. The Morgan fingerprint density at radius 2 is 1.12 bits per heavy atom. The average molecular weight is 1150 g/mol. The smallest absolute Gasteiger partial charge is 0.202 e. The maximum atomic E-state index is 14.3. The molecule has 3 fully saturated rings. The molecule has 0 aromatic heterocycles. The standard InChI is InChI=1S/C58H63N3O22/c1-23-47(65)30(16-37(80-23)82-34-20-57(75,25(3)63)18-28-41(34)55(73)45-43(51(28)69)49(67)26-8-6-10-32(77-4)39(26)53(45)71)59-61(60-12-14-79-15-13-60)31-17-38(81-24(2)48(31)66)83-35-21-58(76,36(64)22-62)19-29-42(35)56(74)46-44(52(29)70)50(68)27-9-7-11-33(78-5)40(27)54(46)72/h6-11,23-24,30-31,34-35,37-38,47-48,59,62,65-66,69-70,73-76H,12-22H2,1-5H3/t23?,24?,30?,31?,34-,35-,37?,38?,47?,48?,57-,58-/m0/s1. The van der Waals surface area contributed by atoms with Crippen molar-refractivity contribution in [3.05, 3.63) is 103 Å². The summed E-state index contributed by atoms with van der Waals surface area (Å²) in [7, 11) is 2.59. The molecular formula is C58H63N3O22. The first-order valence-corrected chi connectivity index (χ1v) is 27.2. The quantitative estimate of drug-likeness (QED) is 0.0573. The van der Waals surface area contributed by atoms with Crippen molar-refractivity contribution in [1.82, 2.24) is 15.6 Å². The summed E-state index contributed by atoms with van der Waals surface area (Å²) in [5.74, 6) is -8.24. The Labute approximate surface area is 473 Å². The van der Waals surface area contributed by atoms with E-state index in [1.807, 2.05) is 5.01 Å². The molecule has 442 valence electrons. The third kappa shape index (κ3) is 9.38. The highest BCUT2D eigenvalue weighted by atomic mass is 16.7. The Morgan fingerprint density at radius 3 is 1.60 bits per heavy atom. The van der Waals surface area contributed by atoms with Crippen LogP contribution in [0, 0.1) is 0 Å². The number of ketones is 6. The van der Waals surface area contributed by atoms with Gasteiger partial charge in [-0.1, -0.05) is 24.3 Å². The molecule has 3 aliphatic heterocycles. The molecule has 0 radical (unpaired) electrons. The molecule has 3 heterocycles. The summed E-state index contributed by atoms with van der Waals surface area (Å²) in [5.41, 5.74) is -5.09. The number of hydrogen-bond donors (Lipinski definition) is 10. The zero-order valence-corrected chi connectivity index (χ0v) is 45.7. The number of rotatable bonds is 13. The van der Waals surface area contributed by atoms with Crippen molar-refractivity contribution in [1.29, 1.82) is 0 Å². The van der Waals surface area contributed by atoms with Crippen molar-refractivity contribution in [2.24, 2.45) is 0 Å². The van der Waals surface area contributed by atoms with Gasteiger partial charge in [-0.3, -0.25) is 28.8 Å². The fraction of sp³-hybridized carbons (Fsp3) is 0.483. The number of aliphatic hydroxyl groups excluding tert-OH is 3. The topological polar surface area (TPSA) is 368 Å². The fourth-order valence-corrected chi connectivity index (χ4v) is 13.0. The Balaban J connectivity index is 0.912. The van der Waals surface area contributed by atoms with Crippen LogP contribution in [0.3, 0.4) is 0 Å². The van der Waals surface area contributed by atoms with E-state index in [0.29, 0.717) is 0 Å². The molecule has 12 atom stereocenters. The van der Waals surface area contributed by atoms with Gasteiger partial charge in [-0.05, 0) is 32.9 Å². The number of carbonyl (C=O) groups is 6. The van der Waals surface area contributed by atoms with Gasteiger partial charge in [0, 0.05) is 85.0 Å². The van der Waals surface area contributed by atoms with Crippen molar-refractivity contribution in [3.8, 4) is 34.5 Å². The number of morpholine rings is 1. The molecule has 25 heteroatoms. The second kappa shape index (κ2) is 21.7. The van der Waals surface area contributed by atoms with Crippen LogP contribution in [0.2, 0.25) is 0 Å². The Bertz CT molecular complexity index is 3400. The predicted octanol–water partition coefficient (Wildman–Crippen LogP) is 1.18. The van der Waals surface area contributed by atoms with Gasteiger partial charge < -0.3 is 79.1 Å². The van der Waals surface area contributed by atoms with Gasteiger partial charge in [-0.25, -0.2) is 10.4 Å². The van der Waals surface area contributed by atoms with E-state index in [2.05, 4.69) is 5.43 Å². The molecule has 25 nitrogen and oxygen atoms in total. The summed E-state index contributed by atoms with van der Waals surface area (Å²) in [6.07, 6.45) is -13.5. The van der Waals surface area contributed by atoms with Crippen LogP contribution in [0.15, 0.2) is 36.4 Å². The molecule has 4 aromatic carbocycles. The summed E-state index contributed by atoms with van der Waals surface area (Å²) < 4.78 is 42.1. The van der Waals surface area contributed by atoms with Gasteiger partial charge in [0.1, 0.15) is 52.3 Å². The average Bonchev–Trinajstić information content (AvgIpc) is 1.23. The van der Waals surface area contributed by atoms with Crippen molar-refractivity contribution in [3.63, 3.8) is 0 Å². The number of carbonyl (C=O) groups excluding carboxylic acids is 6. The lowest BCUT2D eigenvalue weighted by atomic mass is 9.72. The van der Waals surface area contributed by atoms with Crippen molar-refractivity contribution < 1.29 is 108 Å². The molecular weight excluding hydrogens is 1090 g/mol. The summed E-state index contributed by atoms with van der Waals surface area (Å²) in [5, 5.41) is 110. The summed E-state index contributed by atoms with van der Waals surface area (Å²) in [6.45, 7) is 3.99. The highest BCUT2D eigenvalue weighted by molar-refractivity contribution is 6.32. The van der Waals surface area contributed by atoms with E-state index in [0.717, 1.165) is 6.92 Å². The second-order valence-corrected chi connectivity index (χ2v) is 22.2. The molecule has 0 saturated carbocycles. The van der Waals surface area contributed by atoms with E-state index in [9.17, 15) is 74.7 Å². The molecule has 83 heavy (non-hydrogen) atoms. The number of benzene rings is 4. The lowest BCUT2D eigenvalue weighted by molar-refractivity contribution is -0.291. The monoisotopic (exact) mass is 1150 g/mol. The van der Waals surface area contributed by atoms with E-state index in [4.69, 9.17) is 33.2 Å². The normalized spacial score (nSPS) is 30.4. The van der Waals surface area contributed by atoms with E-state index in [1.165, 1.54) is 50.6 Å². The number of aromatic hydroxyl groups is 4. The molecule has 10 N–H and O–H groups in total. The third-order valence-electron chi connectivity index (χ3n) is 17.4. The molecule has 3 saturated heterocycles. The lowest BCUT2D eigenvalue weighted by Gasteiger charge is -2.51. The van der Waals surface area contributed by atoms with Gasteiger partial charge in [-0.2, -0.15) is 5.12 Å². The van der Waals surface area contributed by atoms with Crippen molar-refractivity contribution in [2.45, 2.75) is 132 Å².